The van der Waals surface area contributed by atoms with Crippen LogP contribution in [0.3, 0.4) is 0 Å². The zero-order chi connectivity index (χ0) is 19.6. The number of imide groups is 2. The van der Waals surface area contributed by atoms with Crippen LogP contribution < -0.4 is 5.32 Å². The maximum atomic E-state index is 12.6. The van der Waals surface area contributed by atoms with Crippen molar-refractivity contribution >= 4 is 40.1 Å². The van der Waals surface area contributed by atoms with Crippen molar-refractivity contribution in [2.45, 2.75) is 13.0 Å². The maximum Gasteiger partial charge on any atom is 0.335 e. The summed E-state index contributed by atoms with van der Waals surface area (Å²) in [6.07, 6.45) is 0. The Balaban J connectivity index is 1.74. The zero-order valence-electron chi connectivity index (χ0n) is 14.2. The summed E-state index contributed by atoms with van der Waals surface area (Å²) in [6.45, 7) is 1.02. The number of carbonyl (C=O) groups excluding carboxylic acids is 4. The predicted octanol–water partition coefficient (Wildman–Crippen LogP) is 2.11. The number of rotatable bonds is 5. The molecule has 1 saturated heterocycles. The second-order valence-corrected chi connectivity index (χ2v) is 6.68. The highest BCUT2D eigenvalue weighted by Crippen LogP contribution is 2.26. The third-order valence-corrected chi connectivity index (χ3v) is 4.92. The second kappa shape index (κ2) is 7.39. The fourth-order valence-corrected chi connectivity index (χ4v) is 3.44. The maximum absolute atomic E-state index is 12.6. The molecule has 1 N–H and O–H groups in total. The van der Waals surface area contributed by atoms with Gasteiger partial charge in [0.25, 0.3) is 0 Å². The van der Waals surface area contributed by atoms with Crippen molar-refractivity contribution < 1.29 is 19.2 Å². The largest absolute Gasteiger partial charge is 0.335 e. The molecule has 0 bridgehead atoms. The number of nitrogens with zero attached hydrogens (tertiary/aromatic N) is 3. The minimum Gasteiger partial charge on any atom is -0.315 e. The van der Waals surface area contributed by atoms with E-state index in [0.717, 1.165) is 16.2 Å². The number of amides is 5. The quantitative estimate of drug-likeness (QED) is 0.629. The van der Waals surface area contributed by atoms with E-state index in [1.165, 1.54) is 0 Å². The van der Waals surface area contributed by atoms with Crippen LogP contribution >= 0.6 is 11.3 Å². The molecule has 1 atom stereocenters. The summed E-state index contributed by atoms with van der Waals surface area (Å²) in [6, 6.07) is 10.8. The molecule has 27 heavy (non-hydrogen) atoms. The van der Waals surface area contributed by atoms with Gasteiger partial charge in [-0.15, -0.1) is 11.3 Å². The van der Waals surface area contributed by atoms with Crippen molar-refractivity contribution in [1.82, 2.24) is 9.80 Å². The monoisotopic (exact) mass is 382 g/mol. The topological polar surface area (TPSA) is 111 Å². The number of carbonyl (C=O) groups is 4. The number of anilines is 1. The standard InChI is InChI=1S/C18H14N4O4S/c1-11(12-5-3-2-4-6-12)22-17(25)16(24)21(18(22)26)10-14(23)20-15-13(9-19)7-8-27-15/h2-8,11H,10H2,1H3,(H,20,23). The summed E-state index contributed by atoms with van der Waals surface area (Å²) in [5.41, 5.74) is 0.971. The van der Waals surface area contributed by atoms with Crippen molar-refractivity contribution in [2.24, 2.45) is 0 Å². The van der Waals surface area contributed by atoms with Crippen LogP contribution in [0.5, 0.6) is 0 Å². The molecular weight excluding hydrogens is 368 g/mol. The number of urea groups is 1. The van der Waals surface area contributed by atoms with Crippen LogP contribution in [-0.2, 0) is 14.4 Å². The van der Waals surface area contributed by atoms with Gasteiger partial charge in [-0.3, -0.25) is 14.4 Å². The smallest absolute Gasteiger partial charge is 0.315 e. The van der Waals surface area contributed by atoms with Gasteiger partial charge in [0, 0.05) is 0 Å². The van der Waals surface area contributed by atoms with Gasteiger partial charge in [-0.05, 0) is 23.9 Å². The number of benzene rings is 1. The molecular formula is C18H14N4O4S. The molecule has 2 aromatic rings. The average Bonchev–Trinajstić information content (AvgIpc) is 3.20. The first-order chi connectivity index (χ1) is 12.9. The van der Waals surface area contributed by atoms with Crippen LogP contribution in [0.25, 0.3) is 0 Å². The molecule has 1 aliphatic rings. The fourth-order valence-electron chi connectivity index (χ4n) is 2.69. The SMILES string of the molecule is CC(c1ccccc1)N1C(=O)C(=O)N(CC(=O)Nc2sccc2C#N)C1=O. The number of hydrogen-bond acceptors (Lipinski definition) is 6. The summed E-state index contributed by atoms with van der Waals surface area (Å²) < 4.78 is 0. The molecule has 136 valence electrons. The molecule has 1 aliphatic heterocycles. The minimum absolute atomic E-state index is 0.280. The Hall–Kier alpha value is -3.51. The number of nitrogens with one attached hydrogen (secondary N) is 1. The Labute approximate surface area is 158 Å². The van der Waals surface area contributed by atoms with Crippen molar-refractivity contribution in [3.05, 3.63) is 52.9 Å². The lowest BCUT2D eigenvalue weighted by Crippen LogP contribution is -2.39. The first-order valence-electron chi connectivity index (χ1n) is 7.95. The van der Waals surface area contributed by atoms with E-state index in [9.17, 15) is 19.2 Å². The number of thiophene rings is 1. The van der Waals surface area contributed by atoms with Crippen LogP contribution in [-0.4, -0.2) is 40.1 Å². The van der Waals surface area contributed by atoms with E-state index in [4.69, 9.17) is 5.26 Å². The van der Waals surface area contributed by atoms with E-state index in [1.54, 1.807) is 48.7 Å². The van der Waals surface area contributed by atoms with Gasteiger partial charge in [-0.25, -0.2) is 14.6 Å². The number of nitriles is 1. The first kappa shape index (κ1) is 18.3. The van der Waals surface area contributed by atoms with E-state index < -0.39 is 36.3 Å². The second-order valence-electron chi connectivity index (χ2n) is 5.76. The van der Waals surface area contributed by atoms with Gasteiger partial charge in [-0.1, -0.05) is 30.3 Å². The highest BCUT2D eigenvalue weighted by atomic mass is 32.1. The van der Waals surface area contributed by atoms with Crippen molar-refractivity contribution in [1.29, 1.82) is 5.26 Å². The molecule has 9 heteroatoms. The normalized spacial score (nSPS) is 15.0. The third kappa shape index (κ3) is 3.43. The number of hydrogen-bond donors (Lipinski definition) is 1. The van der Waals surface area contributed by atoms with E-state index in [-0.39, 0.29) is 5.56 Å². The summed E-state index contributed by atoms with van der Waals surface area (Å²) in [5.74, 6) is -2.69. The van der Waals surface area contributed by atoms with Gasteiger partial charge in [0.15, 0.2) is 0 Å². The molecule has 3 rings (SSSR count). The Bertz CT molecular complexity index is 963. The summed E-state index contributed by atoms with van der Waals surface area (Å²) in [5, 5.41) is 13.4. The van der Waals surface area contributed by atoms with E-state index in [0.29, 0.717) is 15.5 Å². The van der Waals surface area contributed by atoms with Crippen LogP contribution in [0.1, 0.15) is 24.1 Å². The third-order valence-electron chi connectivity index (χ3n) is 4.09. The van der Waals surface area contributed by atoms with Gasteiger partial charge in [-0.2, -0.15) is 5.26 Å². The highest BCUT2D eigenvalue weighted by Gasteiger charge is 2.47. The lowest BCUT2D eigenvalue weighted by molar-refractivity contribution is -0.144. The zero-order valence-corrected chi connectivity index (χ0v) is 15.0. The van der Waals surface area contributed by atoms with Gasteiger partial charge in [0.1, 0.15) is 17.6 Å². The summed E-state index contributed by atoms with van der Waals surface area (Å²) in [7, 11) is 0. The average molecular weight is 382 g/mol. The van der Waals surface area contributed by atoms with Gasteiger partial charge < -0.3 is 5.32 Å². The van der Waals surface area contributed by atoms with E-state index >= 15 is 0 Å². The molecule has 0 radical (unpaired) electrons. The van der Waals surface area contributed by atoms with E-state index in [1.807, 2.05) is 6.07 Å². The van der Waals surface area contributed by atoms with E-state index in [2.05, 4.69) is 5.32 Å². The molecule has 5 amide bonds. The molecule has 8 nitrogen and oxygen atoms in total. The Morgan fingerprint density at radius 2 is 1.89 bits per heavy atom. The van der Waals surface area contributed by atoms with Gasteiger partial charge in [0.05, 0.1) is 11.6 Å². The molecule has 1 unspecified atom stereocenters. The van der Waals surface area contributed by atoms with Crippen LogP contribution in [0, 0.1) is 11.3 Å². The lowest BCUT2D eigenvalue weighted by atomic mass is 10.1. The lowest BCUT2D eigenvalue weighted by Gasteiger charge is -2.22. The van der Waals surface area contributed by atoms with Crippen LogP contribution in [0.2, 0.25) is 0 Å². The molecule has 0 aliphatic carbocycles. The highest BCUT2D eigenvalue weighted by molar-refractivity contribution is 7.14. The Kier molecular flexibility index (Phi) is 5.00. The van der Waals surface area contributed by atoms with Crippen molar-refractivity contribution in [3.8, 4) is 6.07 Å². The molecule has 1 fully saturated rings. The van der Waals surface area contributed by atoms with Crippen LogP contribution in [0.15, 0.2) is 41.8 Å². The summed E-state index contributed by atoms with van der Waals surface area (Å²) >= 11 is 1.15. The predicted molar refractivity (Wildman–Crippen MR) is 96.5 cm³/mol. The van der Waals surface area contributed by atoms with Crippen LogP contribution in [0.4, 0.5) is 9.80 Å². The molecule has 0 spiro atoms. The minimum atomic E-state index is -1.05. The van der Waals surface area contributed by atoms with Crippen molar-refractivity contribution in [3.63, 3.8) is 0 Å². The van der Waals surface area contributed by atoms with Gasteiger partial charge in [0.2, 0.25) is 5.91 Å². The fraction of sp³-hybridized carbons (Fsp3) is 0.167. The molecule has 2 heterocycles. The molecule has 1 aromatic carbocycles. The molecule has 0 saturated carbocycles. The first-order valence-corrected chi connectivity index (χ1v) is 8.83. The van der Waals surface area contributed by atoms with Crippen molar-refractivity contribution in [2.75, 3.05) is 11.9 Å². The Morgan fingerprint density at radius 1 is 1.19 bits per heavy atom. The van der Waals surface area contributed by atoms with Gasteiger partial charge >= 0.3 is 17.8 Å². The summed E-state index contributed by atoms with van der Waals surface area (Å²) in [4.78, 5) is 50.7. The molecule has 1 aromatic heterocycles. The Morgan fingerprint density at radius 3 is 2.56 bits per heavy atom.